The monoisotopic (exact) mass is 317 g/mol. The van der Waals surface area contributed by atoms with E-state index in [1.165, 1.54) is 12.8 Å². The van der Waals surface area contributed by atoms with Crippen molar-refractivity contribution in [1.82, 2.24) is 15.0 Å². The second-order valence-corrected chi connectivity index (χ2v) is 6.74. The summed E-state index contributed by atoms with van der Waals surface area (Å²) in [6, 6.07) is 3.93. The number of ether oxygens (including phenoxy) is 1. The highest BCUT2D eigenvalue weighted by Crippen LogP contribution is 2.27. The van der Waals surface area contributed by atoms with Gasteiger partial charge < -0.3 is 13.7 Å². The lowest BCUT2D eigenvalue weighted by atomic mass is 9.99. The summed E-state index contributed by atoms with van der Waals surface area (Å²) in [6.45, 7) is 6.91. The van der Waals surface area contributed by atoms with E-state index in [0.29, 0.717) is 18.3 Å². The zero-order valence-corrected chi connectivity index (χ0v) is 13.5. The Morgan fingerprint density at radius 2 is 2.09 bits per heavy atom. The van der Waals surface area contributed by atoms with E-state index in [4.69, 9.17) is 13.7 Å². The van der Waals surface area contributed by atoms with Crippen molar-refractivity contribution >= 4 is 0 Å². The molecule has 0 N–H and O–H groups in total. The molecule has 0 saturated carbocycles. The summed E-state index contributed by atoms with van der Waals surface area (Å²) in [5.74, 6) is 3.89. The maximum absolute atomic E-state index is 5.91. The van der Waals surface area contributed by atoms with Crippen LogP contribution in [0.15, 0.2) is 21.1 Å². The van der Waals surface area contributed by atoms with Gasteiger partial charge in [0.1, 0.15) is 5.76 Å². The Labute approximate surface area is 135 Å². The SMILES string of the molecule is CC1CCN(Cc2ccc(-c3nc([C@@H]4CCOC4)no3)o2)CC1. The number of rotatable bonds is 4. The molecule has 2 aromatic rings. The standard InChI is InChI=1S/C17H23N3O3/c1-12-4-7-20(8-5-12)10-14-2-3-15(22-14)17-18-16(19-23-17)13-6-9-21-11-13/h2-3,12-13H,4-11H2,1H3/t13-/m1/s1. The molecule has 0 amide bonds. The smallest absolute Gasteiger partial charge is 0.293 e. The lowest BCUT2D eigenvalue weighted by Gasteiger charge is -2.29. The number of hydrogen-bond donors (Lipinski definition) is 0. The Kier molecular flexibility index (Phi) is 4.18. The molecule has 23 heavy (non-hydrogen) atoms. The van der Waals surface area contributed by atoms with Crippen molar-refractivity contribution in [3.63, 3.8) is 0 Å². The summed E-state index contributed by atoms with van der Waals surface area (Å²) < 4.78 is 16.6. The van der Waals surface area contributed by atoms with Crippen LogP contribution < -0.4 is 0 Å². The molecule has 0 bridgehead atoms. The van der Waals surface area contributed by atoms with Gasteiger partial charge in [-0.15, -0.1) is 0 Å². The van der Waals surface area contributed by atoms with Gasteiger partial charge >= 0.3 is 0 Å². The highest BCUT2D eigenvalue weighted by atomic mass is 16.5. The summed E-state index contributed by atoms with van der Waals surface area (Å²) >= 11 is 0. The van der Waals surface area contributed by atoms with Crippen LogP contribution in [0.1, 0.15) is 43.7 Å². The summed E-state index contributed by atoms with van der Waals surface area (Å²) in [7, 11) is 0. The molecule has 0 unspecified atom stereocenters. The highest BCUT2D eigenvalue weighted by Gasteiger charge is 2.24. The number of piperidine rings is 1. The molecule has 4 heterocycles. The summed E-state index contributed by atoms with van der Waals surface area (Å²) in [4.78, 5) is 6.91. The van der Waals surface area contributed by atoms with Gasteiger partial charge in [-0.2, -0.15) is 4.98 Å². The van der Waals surface area contributed by atoms with Crippen LogP contribution in [0.4, 0.5) is 0 Å². The maximum Gasteiger partial charge on any atom is 0.293 e. The largest absolute Gasteiger partial charge is 0.455 e. The van der Waals surface area contributed by atoms with Crippen molar-refractivity contribution < 1.29 is 13.7 Å². The number of furan rings is 1. The van der Waals surface area contributed by atoms with Crippen molar-refractivity contribution in [2.45, 2.75) is 38.6 Å². The molecule has 6 nitrogen and oxygen atoms in total. The van der Waals surface area contributed by atoms with Gasteiger partial charge in [-0.05, 0) is 50.4 Å². The molecule has 2 aliphatic heterocycles. The number of nitrogens with zero attached hydrogens (tertiary/aromatic N) is 3. The number of likely N-dealkylation sites (tertiary alicyclic amines) is 1. The zero-order chi connectivity index (χ0) is 15.6. The van der Waals surface area contributed by atoms with Crippen molar-refractivity contribution in [2.24, 2.45) is 5.92 Å². The minimum absolute atomic E-state index is 0.247. The lowest BCUT2D eigenvalue weighted by molar-refractivity contribution is 0.174. The molecule has 1 atom stereocenters. The highest BCUT2D eigenvalue weighted by molar-refractivity contribution is 5.44. The quantitative estimate of drug-likeness (QED) is 0.863. The van der Waals surface area contributed by atoms with Gasteiger partial charge in [-0.25, -0.2) is 0 Å². The minimum Gasteiger partial charge on any atom is -0.455 e. The molecular formula is C17H23N3O3. The molecule has 124 valence electrons. The van der Waals surface area contributed by atoms with E-state index >= 15 is 0 Å². The van der Waals surface area contributed by atoms with Crippen LogP contribution in [0.25, 0.3) is 11.7 Å². The Bertz CT molecular complexity index is 637. The third-order valence-corrected chi connectivity index (χ3v) is 4.86. The van der Waals surface area contributed by atoms with Crippen LogP contribution in [-0.2, 0) is 11.3 Å². The van der Waals surface area contributed by atoms with Crippen molar-refractivity contribution in [1.29, 1.82) is 0 Å². The predicted octanol–water partition coefficient (Wildman–Crippen LogP) is 3.07. The molecule has 0 aromatic carbocycles. The first-order chi connectivity index (χ1) is 11.3. The fraction of sp³-hybridized carbons (Fsp3) is 0.647. The van der Waals surface area contributed by atoms with Crippen LogP contribution in [0, 0.1) is 5.92 Å². The summed E-state index contributed by atoms with van der Waals surface area (Å²) in [5.41, 5.74) is 0. The second-order valence-electron chi connectivity index (χ2n) is 6.74. The Morgan fingerprint density at radius 3 is 2.87 bits per heavy atom. The van der Waals surface area contributed by atoms with E-state index < -0.39 is 0 Å². The molecule has 2 saturated heterocycles. The lowest BCUT2D eigenvalue weighted by Crippen LogP contribution is -2.32. The third-order valence-electron chi connectivity index (χ3n) is 4.86. The van der Waals surface area contributed by atoms with Gasteiger partial charge in [0.25, 0.3) is 5.89 Å². The van der Waals surface area contributed by atoms with Gasteiger partial charge in [-0.3, -0.25) is 4.90 Å². The Morgan fingerprint density at radius 1 is 1.22 bits per heavy atom. The van der Waals surface area contributed by atoms with Gasteiger partial charge in [0.15, 0.2) is 11.6 Å². The zero-order valence-electron chi connectivity index (χ0n) is 13.5. The topological polar surface area (TPSA) is 64.5 Å². The normalized spacial score (nSPS) is 23.6. The molecule has 0 spiro atoms. The van der Waals surface area contributed by atoms with Crippen LogP contribution in [0.2, 0.25) is 0 Å². The van der Waals surface area contributed by atoms with E-state index in [9.17, 15) is 0 Å². The van der Waals surface area contributed by atoms with Crippen LogP contribution in [0.3, 0.4) is 0 Å². The van der Waals surface area contributed by atoms with E-state index in [1.807, 2.05) is 12.1 Å². The molecule has 4 rings (SSSR count). The van der Waals surface area contributed by atoms with Gasteiger partial charge in [0, 0.05) is 12.5 Å². The van der Waals surface area contributed by atoms with Crippen LogP contribution >= 0.6 is 0 Å². The fourth-order valence-electron chi connectivity index (χ4n) is 3.26. The number of hydrogen-bond acceptors (Lipinski definition) is 6. The van der Waals surface area contributed by atoms with Crippen LogP contribution in [0.5, 0.6) is 0 Å². The Hall–Kier alpha value is -1.66. The van der Waals surface area contributed by atoms with Gasteiger partial charge in [-0.1, -0.05) is 12.1 Å². The van der Waals surface area contributed by atoms with E-state index in [0.717, 1.165) is 50.2 Å². The predicted molar refractivity (Wildman–Crippen MR) is 83.9 cm³/mol. The molecule has 0 aliphatic carbocycles. The molecule has 0 radical (unpaired) electrons. The summed E-state index contributed by atoms with van der Waals surface area (Å²) in [6.07, 6.45) is 3.49. The minimum atomic E-state index is 0.247. The van der Waals surface area contributed by atoms with E-state index in [2.05, 4.69) is 22.0 Å². The van der Waals surface area contributed by atoms with E-state index in [-0.39, 0.29) is 5.92 Å². The van der Waals surface area contributed by atoms with Crippen molar-refractivity contribution in [3.8, 4) is 11.7 Å². The fourth-order valence-corrected chi connectivity index (χ4v) is 3.26. The molecule has 2 aliphatic rings. The molecule has 6 heteroatoms. The molecular weight excluding hydrogens is 294 g/mol. The van der Waals surface area contributed by atoms with Gasteiger partial charge in [0.2, 0.25) is 0 Å². The van der Waals surface area contributed by atoms with Crippen molar-refractivity contribution in [3.05, 3.63) is 23.7 Å². The first-order valence-electron chi connectivity index (χ1n) is 8.51. The van der Waals surface area contributed by atoms with Gasteiger partial charge in [0.05, 0.1) is 13.2 Å². The van der Waals surface area contributed by atoms with E-state index in [1.54, 1.807) is 0 Å². The first kappa shape index (κ1) is 14.9. The average molecular weight is 317 g/mol. The average Bonchev–Trinajstić information content (AvgIpc) is 3.30. The maximum atomic E-state index is 5.91. The first-order valence-corrected chi connectivity index (χ1v) is 8.51. The summed E-state index contributed by atoms with van der Waals surface area (Å²) in [5, 5.41) is 4.07. The Balaban J connectivity index is 1.41. The molecule has 2 fully saturated rings. The number of aromatic nitrogens is 2. The molecule has 2 aromatic heterocycles. The van der Waals surface area contributed by atoms with Crippen LogP contribution in [-0.4, -0.2) is 41.3 Å². The second kappa shape index (κ2) is 6.45. The third kappa shape index (κ3) is 3.33. The van der Waals surface area contributed by atoms with Crippen molar-refractivity contribution in [2.75, 3.05) is 26.3 Å².